The number of rotatable bonds is 4. The van der Waals surface area contributed by atoms with Gasteiger partial charge in [0.05, 0.1) is 6.61 Å². The van der Waals surface area contributed by atoms with Gasteiger partial charge in [0.2, 0.25) is 0 Å². The molecule has 0 atom stereocenters. The minimum Gasteiger partial charge on any atom is -0.493 e. The van der Waals surface area contributed by atoms with E-state index in [4.69, 9.17) is 16.3 Å². The van der Waals surface area contributed by atoms with E-state index in [1.165, 1.54) is 6.07 Å². The molecule has 1 aromatic carbocycles. The molecule has 6 heteroatoms. The lowest BCUT2D eigenvalue weighted by molar-refractivity contribution is -0.274. The fourth-order valence-electron chi connectivity index (χ4n) is 1.08. The van der Waals surface area contributed by atoms with E-state index in [1.54, 1.807) is 0 Å². The van der Waals surface area contributed by atoms with Crippen LogP contribution < -0.4 is 9.47 Å². The molecule has 0 heterocycles. The molecule has 2 nitrogen and oxygen atoms in total. The van der Waals surface area contributed by atoms with Crippen molar-refractivity contribution in [3.8, 4) is 11.5 Å². The van der Waals surface area contributed by atoms with Gasteiger partial charge in [-0.25, -0.2) is 0 Å². The molecule has 0 bridgehead atoms. The largest absolute Gasteiger partial charge is 0.573 e. The Balaban J connectivity index is 2.79. The zero-order valence-corrected chi connectivity index (χ0v) is 10.1. The van der Waals surface area contributed by atoms with Gasteiger partial charge in [0.15, 0.2) is 0 Å². The smallest absolute Gasteiger partial charge is 0.493 e. The van der Waals surface area contributed by atoms with Crippen molar-refractivity contribution in [3.63, 3.8) is 0 Å². The number of alkyl halides is 3. The Morgan fingerprint density at radius 3 is 2.29 bits per heavy atom. The first kappa shape index (κ1) is 14.0. The molecule has 17 heavy (non-hydrogen) atoms. The van der Waals surface area contributed by atoms with Gasteiger partial charge in [0.25, 0.3) is 0 Å². The van der Waals surface area contributed by atoms with Gasteiger partial charge >= 0.3 is 6.36 Å². The Kier molecular flexibility index (Phi) is 4.51. The van der Waals surface area contributed by atoms with E-state index < -0.39 is 6.36 Å². The molecule has 1 aromatic rings. The van der Waals surface area contributed by atoms with Crippen LogP contribution in [0.4, 0.5) is 13.2 Å². The third-order valence-corrected chi connectivity index (χ3v) is 1.88. The van der Waals surface area contributed by atoms with Crippen LogP contribution in [0.1, 0.15) is 13.8 Å². The summed E-state index contributed by atoms with van der Waals surface area (Å²) in [5, 5.41) is 0.130. The average Bonchev–Trinajstić information content (AvgIpc) is 2.10. The van der Waals surface area contributed by atoms with E-state index in [0.717, 1.165) is 12.1 Å². The topological polar surface area (TPSA) is 18.5 Å². The molecular weight excluding hydrogens is 257 g/mol. The lowest BCUT2D eigenvalue weighted by Gasteiger charge is -2.12. The summed E-state index contributed by atoms with van der Waals surface area (Å²) < 4.78 is 45.1. The third kappa shape index (κ3) is 5.68. The van der Waals surface area contributed by atoms with Gasteiger partial charge in [-0.15, -0.1) is 13.2 Å². The van der Waals surface area contributed by atoms with E-state index in [-0.39, 0.29) is 22.4 Å². The highest BCUT2D eigenvalue weighted by atomic mass is 35.5. The minimum absolute atomic E-state index is 0.130. The minimum atomic E-state index is -4.74. The molecule has 96 valence electrons. The van der Waals surface area contributed by atoms with Gasteiger partial charge < -0.3 is 9.47 Å². The second kappa shape index (κ2) is 5.49. The van der Waals surface area contributed by atoms with Crippen LogP contribution in [0.5, 0.6) is 11.5 Å². The fraction of sp³-hybridized carbons (Fsp3) is 0.455. The lowest BCUT2D eigenvalue weighted by Crippen LogP contribution is -2.17. The average molecular weight is 269 g/mol. The van der Waals surface area contributed by atoms with Crippen molar-refractivity contribution in [3.05, 3.63) is 23.2 Å². The summed E-state index contributed by atoms with van der Waals surface area (Å²) in [5.74, 6) is 0.134. The second-order valence-electron chi connectivity index (χ2n) is 3.88. The first-order valence-electron chi connectivity index (χ1n) is 4.95. The van der Waals surface area contributed by atoms with Crippen molar-refractivity contribution in [1.82, 2.24) is 0 Å². The zero-order chi connectivity index (χ0) is 13.1. The maximum atomic E-state index is 12.0. The van der Waals surface area contributed by atoms with Crippen LogP contribution in [0.15, 0.2) is 18.2 Å². The summed E-state index contributed by atoms with van der Waals surface area (Å²) in [7, 11) is 0. The number of hydrogen-bond acceptors (Lipinski definition) is 2. The molecule has 0 saturated heterocycles. The summed E-state index contributed by atoms with van der Waals surface area (Å²) >= 11 is 5.67. The zero-order valence-electron chi connectivity index (χ0n) is 9.34. The number of hydrogen-bond donors (Lipinski definition) is 0. The Hall–Kier alpha value is -1.10. The first-order valence-corrected chi connectivity index (χ1v) is 5.33. The second-order valence-corrected chi connectivity index (χ2v) is 4.31. The van der Waals surface area contributed by atoms with Crippen molar-refractivity contribution in [2.45, 2.75) is 20.2 Å². The highest BCUT2D eigenvalue weighted by Crippen LogP contribution is 2.30. The molecule has 0 fully saturated rings. The van der Waals surface area contributed by atoms with Crippen molar-refractivity contribution in [2.75, 3.05) is 6.61 Å². The third-order valence-electron chi connectivity index (χ3n) is 1.66. The maximum Gasteiger partial charge on any atom is 0.573 e. The van der Waals surface area contributed by atoms with Gasteiger partial charge in [0.1, 0.15) is 11.5 Å². The highest BCUT2D eigenvalue weighted by Gasteiger charge is 2.31. The van der Waals surface area contributed by atoms with E-state index in [0.29, 0.717) is 6.61 Å². The number of halogens is 4. The summed E-state index contributed by atoms with van der Waals surface area (Å²) in [5.41, 5.74) is 0. The highest BCUT2D eigenvalue weighted by molar-refractivity contribution is 6.30. The molecule has 0 unspecified atom stereocenters. The number of ether oxygens (including phenoxy) is 2. The van der Waals surface area contributed by atoms with Gasteiger partial charge in [-0.3, -0.25) is 0 Å². The van der Waals surface area contributed by atoms with Crippen molar-refractivity contribution in [2.24, 2.45) is 5.92 Å². The summed E-state index contributed by atoms with van der Waals surface area (Å²) in [4.78, 5) is 0. The van der Waals surface area contributed by atoms with Crippen LogP contribution in [0.25, 0.3) is 0 Å². The summed E-state index contributed by atoms with van der Waals surface area (Å²) in [6.45, 7) is 4.25. The number of benzene rings is 1. The van der Waals surface area contributed by atoms with E-state index >= 15 is 0 Å². The Bertz CT molecular complexity index is 377. The van der Waals surface area contributed by atoms with Crippen molar-refractivity contribution < 1.29 is 22.6 Å². The lowest BCUT2D eigenvalue weighted by atomic mass is 10.2. The van der Waals surface area contributed by atoms with Crippen LogP contribution >= 0.6 is 11.6 Å². The van der Waals surface area contributed by atoms with Crippen molar-refractivity contribution >= 4 is 11.6 Å². The molecule has 0 aliphatic rings. The Morgan fingerprint density at radius 1 is 1.18 bits per heavy atom. The SMILES string of the molecule is CC(C)COc1cc(Cl)cc(OC(F)(F)F)c1. The van der Waals surface area contributed by atoms with Crippen LogP contribution in [-0.2, 0) is 0 Å². The molecule has 0 aliphatic heterocycles. The molecule has 0 aliphatic carbocycles. The molecule has 0 saturated carbocycles. The molecule has 0 radical (unpaired) electrons. The quantitative estimate of drug-likeness (QED) is 0.812. The van der Waals surface area contributed by atoms with E-state index in [2.05, 4.69) is 4.74 Å². The molecular formula is C11H12ClF3O2. The molecule has 0 N–H and O–H groups in total. The molecule has 1 rings (SSSR count). The molecule has 0 aromatic heterocycles. The van der Waals surface area contributed by atoms with Crippen molar-refractivity contribution in [1.29, 1.82) is 0 Å². The van der Waals surface area contributed by atoms with E-state index in [9.17, 15) is 13.2 Å². The van der Waals surface area contributed by atoms with Crippen LogP contribution in [0.2, 0.25) is 5.02 Å². The van der Waals surface area contributed by atoms with Gasteiger partial charge in [0, 0.05) is 11.1 Å². The predicted molar refractivity (Wildman–Crippen MR) is 58.5 cm³/mol. The standard InChI is InChI=1S/C11H12ClF3O2/c1-7(2)6-16-9-3-8(12)4-10(5-9)17-11(13,14)15/h3-5,7H,6H2,1-2H3. The molecule has 0 amide bonds. The van der Waals surface area contributed by atoms with Crippen LogP contribution in [-0.4, -0.2) is 13.0 Å². The maximum absolute atomic E-state index is 12.0. The van der Waals surface area contributed by atoms with Gasteiger partial charge in [-0.05, 0) is 18.1 Å². The van der Waals surface area contributed by atoms with Gasteiger partial charge in [-0.2, -0.15) is 0 Å². The Labute approximate surface area is 102 Å². The van der Waals surface area contributed by atoms with Gasteiger partial charge in [-0.1, -0.05) is 25.4 Å². The van der Waals surface area contributed by atoms with Crippen LogP contribution in [0, 0.1) is 5.92 Å². The Morgan fingerprint density at radius 2 is 1.76 bits per heavy atom. The van der Waals surface area contributed by atoms with Crippen LogP contribution in [0.3, 0.4) is 0 Å². The summed E-state index contributed by atoms with van der Waals surface area (Å²) in [6.07, 6.45) is -4.74. The summed E-state index contributed by atoms with van der Waals surface area (Å²) in [6, 6.07) is 3.67. The monoisotopic (exact) mass is 268 g/mol. The molecule has 0 spiro atoms. The van der Waals surface area contributed by atoms with E-state index in [1.807, 2.05) is 13.8 Å². The fourth-order valence-corrected chi connectivity index (χ4v) is 1.29. The first-order chi connectivity index (χ1) is 7.76. The predicted octanol–water partition coefficient (Wildman–Crippen LogP) is 4.27. The normalized spacial score (nSPS) is 11.7.